The molecule has 2 rings (SSSR count). The van der Waals surface area contributed by atoms with Gasteiger partial charge in [0.05, 0.1) is 11.6 Å². The molecule has 0 fully saturated rings. The summed E-state index contributed by atoms with van der Waals surface area (Å²) in [6.07, 6.45) is 1.93. The maximum atomic E-state index is 12.1. The molecule has 0 heterocycles. The molecule has 0 amide bonds. The average molecular weight is 335 g/mol. The topological polar surface area (TPSA) is 78.2 Å². The molecule has 2 aromatic rings. The lowest BCUT2D eigenvalue weighted by atomic mass is 9.90. The van der Waals surface area contributed by atoms with Crippen LogP contribution in [0.5, 0.6) is 0 Å². The fourth-order valence-corrected chi connectivity index (χ4v) is 2.78. The van der Waals surface area contributed by atoms with E-state index in [2.05, 4.69) is 6.07 Å². The van der Waals surface area contributed by atoms with E-state index in [1.807, 2.05) is 43.3 Å². The zero-order valence-corrected chi connectivity index (χ0v) is 14.2. The number of carbonyl (C=O) groups excluding carboxylic acids is 1. The molecule has 1 unspecified atom stereocenters. The van der Waals surface area contributed by atoms with Gasteiger partial charge in [-0.2, -0.15) is 5.26 Å². The largest absolute Gasteiger partial charge is 0.481 e. The van der Waals surface area contributed by atoms with Crippen molar-refractivity contribution in [3.63, 3.8) is 0 Å². The molecule has 128 valence electrons. The number of carboxylic acids is 1. The van der Waals surface area contributed by atoms with Gasteiger partial charge in [-0.05, 0) is 35.6 Å². The molecule has 0 aromatic heterocycles. The first-order chi connectivity index (χ1) is 12.1. The Bertz CT molecular complexity index is 791. The van der Waals surface area contributed by atoms with Crippen molar-refractivity contribution < 1.29 is 14.7 Å². The van der Waals surface area contributed by atoms with Gasteiger partial charge in [0, 0.05) is 6.42 Å². The van der Waals surface area contributed by atoms with Crippen LogP contribution in [0.4, 0.5) is 0 Å². The summed E-state index contributed by atoms with van der Waals surface area (Å²) >= 11 is 0. The number of rotatable bonds is 8. The molecule has 0 bridgehead atoms. The van der Waals surface area contributed by atoms with E-state index in [4.69, 9.17) is 0 Å². The summed E-state index contributed by atoms with van der Waals surface area (Å²) in [6, 6.07) is 17.0. The van der Waals surface area contributed by atoms with E-state index in [9.17, 15) is 20.0 Å². The third-order valence-electron chi connectivity index (χ3n) is 4.19. The first-order valence-corrected chi connectivity index (χ1v) is 8.40. The Morgan fingerprint density at radius 1 is 1.16 bits per heavy atom. The summed E-state index contributed by atoms with van der Waals surface area (Å²) in [5.74, 6) is -2.41. The predicted octanol–water partition coefficient (Wildman–Crippen LogP) is 4.23. The third kappa shape index (κ3) is 4.77. The molecule has 1 N–H and O–H groups in total. The van der Waals surface area contributed by atoms with Crippen molar-refractivity contribution in [2.45, 2.75) is 32.6 Å². The van der Waals surface area contributed by atoms with Crippen molar-refractivity contribution in [1.29, 1.82) is 5.26 Å². The monoisotopic (exact) mass is 335 g/mol. The van der Waals surface area contributed by atoms with E-state index in [-0.39, 0.29) is 18.6 Å². The SMILES string of the molecule is CCCCC(=O)C(Cc1ccc(-c2ccccc2)c(C#N)c1)C(=O)O. The Morgan fingerprint density at radius 3 is 2.48 bits per heavy atom. The van der Waals surface area contributed by atoms with Crippen molar-refractivity contribution in [1.82, 2.24) is 0 Å². The fraction of sp³-hybridized carbons (Fsp3) is 0.286. The van der Waals surface area contributed by atoms with Gasteiger partial charge in [-0.15, -0.1) is 0 Å². The summed E-state index contributed by atoms with van der Waals surface area (Å²) in [5.41, 5.74) is 2.90. The van der Waals surface area contributed by atoms with Gasteiger partial charge in [0.2, 0.25) is 0 Å². The van der Waals surface area contributed by atoms with Gasteiger partial charge in [-0.1, -0.05) is 55.8 Å². The first kappa shape index (κ1) is 18.4. The van der Waals surface area contributed by atoms with Gasteiger partial charge < -0.3 is 5.11 Å². The quantitative estimate of drug-likeness (QED) is 0.732. The van der Waals surface area contributed by atoms with Crippen LogP contribution in [-0.4, -0.2) is 16.9 Å². The fourth-order valence-electron chi connectivity index (χ4n) is 2.78. The number of benzene rings is 2. The summed E-state index contributed by atoms with van der Waals surface area (Å²) < 4.78 is 0. The number of Topliss-reactive ketones (excluding diaryl/α,β-unsaturated/α-hetero) is 1. The minimum Gasteiger partial charge on any atom is -0.481 e. The highest BCUT2D eigenvalue weighted by atomic mass is 16.4. The van der Waals surface area contributed by atoms with E-state index in [1.54, 1.807) is 12.1 Å². The van der Waals surface area contributed by atoms with Crippen molar-refractivity contribution in [2.24, 2.45) is 5.92 Å². The standard InChI is InChI=1S/C21H21NO3/c1-2-3-9-20(23)19(21(24)25)13-15-10-11-18(17(12-15)14-22)16-7-5-4-6-8-16/h4-8,10-12,19H,2-3,9,13H2,1H3,(H,24,25). The van der Waals surface area contributed by atoms with Crippen molar-refractivity contribution >= 4 is 11.8 Å². The number of nitrogens with zero attached hydrogens (tertiary/aromatic N) is 1. The molecular weight excluding hydrogens is 314 g/mol. The van der Waals surface area contributed by atoms with Crippen LogP contribution in [0.25, 0.3) is 11.1 Å². The highest BCUT2D eigenvalue weighted by molar-refractivity contribution is 5.98. The summed E-state index contributed by atoms with van der Waals surface area (Å²) in [7, 11) is 0. The second-order valence-electron chi connectivity index (χ2n) is 6.02. The highest BCUT2D eigenvalue weighted by Gasteiger charge is 2.26. The molecular formula is C21H21NO3. The number of hydrogen-bond donors (Lipinski definition) is 1. The first-order valence-electron chi connectivity index (χ1n) is 8.40. The van der Waals surface area contributed by atoms with Crippen LogP contribution in [0, 0.1) is 17.2 Å². The van der Waals surface area contributed by atoms with Crippen LogP contribution in [0.2, 0.25) is 0 Å². The molecule has 25 heavy (non-hydrogen) atoms. The van der Waals surface area contributed by atoms with E-state index in [0.29, 0.717) is 17.5 Å². The van der Waals surface area contributed by atoms with E-state index >= 15 is 0 Å². The molecule has 0 saturated heterocycles. The van der Waals surface area contributed by atoms with Crippen molar-refractivity contribution in [2.75, 3.05) is 0 Å². The molecule has 0 radical (unpaired) electrons. The average Bonchev–Trinajstić information content (AvgIpc) is 2.64. The summed E-state index contributed by atoms with van der Waals surface area (Å²) in [4.78, 5) is 23.6. The Labute approximate surface area is 147 Å². The zero-order chi connectivity index (χ0) is 18.2. The lowest BCUT2D eigenvalue weighted by Gasteiger charge is -2.13. The minimum absolute atomic E-state index is 0.113. The molecule has 0 spiro atoms. The van der Waals surface area contributed by atoms with Crippen LogP contribution in [-0.2, 0) is 16.0 Å². The number of carboxylic acid groups (broad SMARTS) is 1. The number of aliphatic carboxylic acids is 1. The third-order valence-corrected chi connectivity index (χ3v) is 4.19. The van der Waals surface area contributed by atoms with Crippen LogP contribution in [0.3, 0.4) is 0 Å². The van der Waals surface area contributed by atoms with Crippen LogP contribution < -0.4 is 0 Å². The van der Waals surface area contributed by atoms with Gasteiger partial charge in [-0.3, -0.25) is 9.59 Å². The molecule has 1 atom stereocenters. The Balaban J connectivity index is 2.26. The van der Waals surface area contributed by atoms with Crippen molar-refractivity contribution in [3.05, 3.63) is 59.7 Å². The van der Waals surface area contributed by atoms with Gasteiger partial charge in [0.25, 0.3) is 0 Å². The smallest absolute Gasteiger partial charge is 0.314 e. The lowest BCUT2D eigenvalue weighted by molar-refractivity contribution is -0.146. The van der Waals surface area contributed by atoms with E-state index in [0.717, 1.165) is 17.5 Å². The molecule has 0 aliphatic carbocycles. The second kappa shape index (κ2) is 8.79. The number of carbonyl (C=O) groups is 2. The van der Waals surface area contributed by atoms with E-state index in [1.165, 1.54) is 0 Å². The molecule has 2 aromatic carbocycles. The number of hydrogen-bond acceptors (Lipinski definition) is 3. The lowest BCUT2D eigenvalue weighted by Crippen LogP contribution is -2.26. The van der Waals surface area contributed by atoms with Gasteiger partial charge in [0.1, 0.15) is 11.7 Å². The maximum Gasteiger partial charge on any atom is 0.314 e. The molecule has 0 aliphatic rings. The minimum atomic E-state index is -1.10. The molecule has 0 saturated carbocycles. The van der Waals surface area contributed by atoms with Gasteiger partial charge in [0.15, 0.2) is 0 Å². The zero-order valence-electron chi connectivity index (χ0n) is 14.2. The van der Waals surface area contributed by atoms with E-state index < -0.39 is 11.9 Å². The highest BCUT2D eigenvalue weighted by Crippen LogP contribution is 2.25. The Kier molecular flexibility index (Phi) is 6.47. The Hall–Kier alpha value is -2.93. The second-order valence-corrected chi connectivity index (χ2v) is 6.02. The van der Waals surface area contributed by atoms with Crippen molar-refractivity contribution in [3.8, 4) is 17.2 Å². The predicted molar refractivity (Wildman–Crippen MR) is 96.0 cm³/mol. The molecule has 4 nitrogen and oxygen atoms in total. The molecule has 4 heteroatoms. The van der Waals surface area contributed by atoms with Crippen LogP contribution in [0.1, 0.15) is 37.3 Å². The van der Waals surface area contributed by atoms with Crippen LogP contribution in [0.15, 0.2) is 48.5 Å². The Morgan fingerprint density at radius 2 is 1.88 bits per heavy atom. The van der Waals surface area contributed by atoms with Gasteiger partial charge >= 0.3 is 5.97 Å². The number of unbranched alkanes of at least 4 members (excludes halogenated alkanes) is 1. The normalized spacial score (nSPS) is 11.5. The van der Waals surface area contributed by atoms with Gasteiger partial charge in [-0.25, -0.2) is 0 Å². The van der Waals surface area contributed by atoms with Crippen LogP contribution >= 0.6 is 0 Å². The number of ketones is 1. The summed E-state index contributed by atoms with van der Waals surface area (Å²) in [5, 5.41) is 18.8. The summed E-state index contributed by atoms with van der Waals surface area (Å²) in [6.45, 7) is 1.96. The number of nitriles is 1. The molecule has 0 aliphatic heterocycles. The maximum absolute atomic E-state index is 12.1.